The van der Waals surface area contributed by atoms with Gasteiger partial charge in [-0.05, 0) is 6.92 Å². The Morgan fingerprint density at radius 2 is 1.78 bits per heavy atom. The molecule has 0 saturated heterocycles. The highest BCUT2D eigenvalue weighted by molar-refractivity contribution is 8.00. The lowest BCUT2D eigenvalue weighted by molar-refractivity contribution is -0.258. The first-order chi connectivity index (χ1) is 12.7. The molecule has 2 heterocycles. The van der Waals surface area contributed by atoms with Gasteiger partial charge in [0.25, 0.3) is 0 Å². The van der Waals surface area contributed by atoms with E-state index in [4.69, 9.17) is 14.2 Å². The number of alkyl halides is 3. The minimum Gasteiger partial charge on any atom is -0.481 e. The zero-order valence-corrected chi connectivity index (χ0v) is 15.7. The molecule has 8 nitrogen and oxygen atoms in total. The van der Waals surface area contributed by atoms with Crippen LogP contribution < -0.4 is 9.47 Å². The number of rotatable bonds is 7. The average Bonchev–Trinajstić information content (AvgIpc) is 3.18. The van der Waals surface area contributed by atoms with Crippen molar-refractivity contribution in [2.24, 2.45) is 0 Å². The molecule has 0 aromatic carbocycles. The van der Waals surface area contributed by atoms with Crippen LogP contribution in [0.4, 0.5) is 13.2 Å². The number of carbonyl (C=O) groups excluding carboxylic acids is 1. The van der Waals surface area contributed by atoms with Crippen molar-refractivity contribution >= 4 is 17.7 Å². The van der Waals surface area contributed by atoms with Gasteiger partial charge in [0.15, 0.2) is 10.8 Å². The number of aromatic nitrogens is 4. The molecule has 0 spiro atoms. The van der Waals surface area contributed by atoms with Crippen LogP contribution in [-0.2, 0) is 4.74 Å². The molecule has 2 aromatic rings. The molecule has 12 heteroatoms. The van der Waals surface area contributed by atoms with E-state index in [1.807, 2.05) is 0 Å². The van der Waals surface area contributed by atoms with E-state index in [1.54, 1.807) is 0 Å². The van der Waals surface area contributed by atoms with Gasteiger partial charge in [0.2, 0.25) is 17.7 Å². The Bertz CT molecular complexity index is 766. The van der Waals surface area contributed by atoms with E-state index in [0.29, 0.717) is 11.8 Å². The van der Waals surface area contributed by atoms with E-state index in [0.717, 1.165) is 24.9 Å². The Hall–Kier alpha value is -2.34. The van der Waals surface area contributed by atoms with Crippen LogP contribution in [0.5, 0.6) is 11.8 Å². The molecule has 0 amide bonds. The highest BCUT2D eigenvalue weighted by Crippen LogP contribution is 2.43. The number of hydrogen-bond donors (Lipinski definition) is 0. The normalized spacial score (nSPS) is 15.1. The molecule has 148 valence electrons. The second-order valence-corrected chi connectivity index (χ2v) is 6.42. The van der Waals surface area contributed by atoms with Gasteiger partial charge in [-0.25, -0.2) is 4.98 Å². The average molecular weight is 406 g/mol. The molecule has 2 rings (SSSR count). The summed E-state index contributed by atoms with van der Waals surface area (Å²) in [5, 5.41) is -1.91. The van der Waals surface area contributed by atoms with E-state index in [9.17, 15) is 18.0 Å². The van der Waals surface area contributed by atoms with E-state index in [1.165, 1.54) is 32.7 Å². The molecule has 0 aliphatic rings. The summed E-state index contributed by atoms with van der Waals surface area (Å²) < 4.78 is 56.9. The Morgan fingerprint density at radius 3 is 2.19 bits per heavy atom. The third kappa shape index (κ3) is 4.33. The van der Waals surface area contributed by atoms with Gasteiger partial charge >= 0.3 is 6.18 Å². The SMILES string of the molecule is COc1cc(OC)nc(SC(C(=O)n2ccnc2)C(C)(OC)C(F)(F)F)n1. The highest BCUT2D eigenvalue weighted by Gasteiger charge is 2.60. The van der Waals surface area contributed by atoms with Crippen LogP contribution in [0.3, 0.4) is 0 Å². The quantitative estimate of drug-likeness (QED) is 0.512. The van der Waals surface area contributed by atoms with Crippen molar-refractivity contribution in [2.45, 2.75) is 29.1 Å². The first-order valence-electron chi connectivity index (χ1n) is 7.44. The fraction of sp³-hybridized carbons (Fsp3) is 0.467. The first kappa shape index (κ1) is 21.0. The first-order valence-corrected chi connectivity index (χ1v) is 8.32. The summed E-state index contributed by atoms with van der Waals surface area (Å²) >= 11 is 0.487. The van der Waals surface area contributed by atoms with Crippen molar-refractivity contribution in [1.29, 1.82) is 0 Å². The fourth-order valence-electron chi connectivity index (χ4n) is 2.05. The molecule has 0 bridgehead atoms. The molecule has 0 aliphatic heterocycles. The summed E-state index contributed by atoms with van der Waals surface area (Å²) in [5.74, 6) is -0.752. The molecule has 0 N–H and O–H groups in total. The summed E-state index contributed by atoms with van der Waals surface area (Å²) in [6, 6.07) is 1.36. The van der Waals surface area contributed by atoms with Crippen LogP contribution in [0.25, 0.3) is 0 Å². The van der Waals surface area contributed by atoms with Crippen LogP contribution in [0, 0.1) is 0 Å². The Morgan fingerprint density at radius 1 is 1.19 bits per heavy atom. The molecular formula is C15H17F3N4O4S. The lowest BCUT2D eigenvalue weighted by Gasteiger charge is -2.36. The number of halogens is 3. The lowest BCUT2D eigenvalue weighted by atomic mass is 10.00. The van der Waals surface area contributed by atoms with Gasteiger partial charge in [-0.2, -0.15) is 23.1 Å². The van der Waals surface area contributed by atoms with E-state index in [2.05, 4.69) is 15.0 Å². The van der Waals surface area contributed by atoms with E-state index in [-0.39, 0.29) is 16.9 Å². The smallest absolute Gasteiger partial charge is 0.418 e. The number of methoxy groups -OCH3 is 3. The van der Waals surface area contributed by atoms with Gasteiger partial charge in [-0.1, -0.05) is 11.8 Å². The van der Waals surface area contributed by atoms with Crippen molar-refractivity contribution in [3.63, 3.8) is 0 Å². The zero-order valence-electron chi connectivity index (χ0n) is 14.9. The molecule has 2 unspecified atom stereocenters. The summed E-state index contributed by atoms with van der Waals surface area (Å²) in [7, 11) is 3.55. The molecule has 2 aromatic heterocycles. The second kappa shape index (κ2) is 8.13. The van der Waals surface area contributed by atoms with Gasteiger partial charge in [0.1, 0.15) is 11.6 Å². The molecule has 0 fully saturated rings. The fourth-order valence-corrected chi connectivity index (χ4v) is 3.22. The number of imidazole rings is 1. The zero-order chi connectivity index (χ0) is 20.2. The molecular weight excluding hydrogens is 389 g/mol. The van der Waals surface area contributed by atoms with Gasteiger partial charge in [-0.15, -0.1) is 0 Å². The third-order valence-corrected chi connectivity index (χ3v) is 5.05. The highest BCUT2D eigenvalue weighted by atomic mass is 32.2. The van der Waals surface area contributed by atoms with Crippen molar-refractivity contribution in [3.8, 4) is 11.8 Å². The molecule has 27 heavy (non-hydrogen) atoms. The Kier molecular flexibility index (Phi) is 6.31. The minimum atomic E-state index is -4.85. The lowest BCUT2D eigenvalue weighted by Crippen LogP contribution is -2.56. The van der Waals surface area contributed by atoms with Crippen molar-refractivity contribution in [3.05, 3.63) is 24.8 Å². The van der Waals surface area contributed by atoms with Crippen LogP contribution in [0.15, 0.2) is 29.9 Å². The summed E-state index contributed by atoms with van der Waals surface area (Å²) in [5.41, 5.74) is -2.82. The molecule has 2 atom stereocenters. The monoisotopic (exact) mass is 406 g/mol. The number of hydrogen-bond acceptors (Lipinski definition) is 8. The van der Waals surface area contributed by atoms with Gasteiger partial charge in [0.05, 0.1) is 20.3 Å². The van der Waals surface area contributed by atoms with Gasteiger partial charge < -0.3 is 14.2 Å². The number of ether oxygens (including phenoxy) is 3. The predicted octanol–water partition coefficient (Wildman–Crippen LogP) is 2.46. The maximum atomic E-state index is 13.7. The molecule has 0 radical (unpaired) electrons. The van der Waals surface area contributed by atoms with Crippen LogP contribution in [-0.4, -0.2) is 63.8 Å². The summed E-state index contributed by atoms with van der Waals surface area (Å²) in [6.45, 7) is 0.789. The predicted molar refractivity (Wildman–Crippen MR) is 89.1 cm³/mol. The van der Waals surface area contributed by atoms with Crippen molar-refractivity contribution in [1.82, 2.24) is 19.5 Å². The Labute approximate surface area is 157 Å². The van der Waals surface area contributed by atoms with Gasteiger partial charge in [-0.3, -0.25) is 9.36 Å². The van der Waals surface area contributed by atoms with Crippen LogP contribution >= 0.6 is 11.8 Å². The third-order valence-electron chi connectivity index (χ3n) is 3.77. The maximum Gasteiger partial charge on any atom is 0.418 e. The molecule has 0 saturated carbocycles. The van der Waals surface area contributed by atoms with Crippen molar-refractivity contribution in [2.75, 3.05) is 21.3 Å². The summed E-state index contributed by atoms with van der Waals surface area (Å²) in [4.78, 5) is 24.4. The van der Waals surface area contributed by atoms with Crippen LogP contribution in [0.2, 0.25) is 0 Å². The number of nitrogens with zero attached hydrogens (tertiary/aromatic N) is 4. The molecule has 0 aliphatic carbocycles. The standard InChI is InChI=1S/C15H17F3N4O4S/c1-14(26-4,15(16,17)18)11(12(23)22-6-5-19-8-22)27-13-20-9(24-2)7-10(21-13)25-3/h5-8,11H,1-4H3. The topological polar surface area (TPSA) is 88.4 Å². The second-order valence-electron chi connectivity index (χ2n) is 5.35. The minimum absolute atomic E-state index is 0.0734. The maximum absolute atomic E-state index is 13.7. The van der Waals surface area contributed by atoms with Crippen LogP contribution in [0.1, 0.15) is 11.7 Å². The van der Waals surface area contributed by atoms with E-state index < -0.39 is 22.9 Å². The Balaban J connectivity index is 2.52. The van der Waals surface area contributed by atoms with E-state index >= 15 is 0 Å². The van der Waals surface area contributed by atoms with Gasteiger partial charge in [0, 0.05) is 19.5 Å². The largest absolute Gasteiger partial charge is 0.481 e. The number of thioether (sulfide) groups is 1. The van der Waals surface area contributed by atoms with Crippen molar-refractivity contribution < 1.29 is 32.2 Å². The number of carbonyl (C=O) groups is 1. The summed E-state index contributed by atoms with van der Waals surface area (Å²) in [6.07, 6.45) is -1.22.